The van der Waals surface area contributed by atoms with Crippen molar-refractivity contribution >= 4 is 18.5 Å². The van der Waals surface area contributed by atoms with E-state index in [4.69, 9.17) is 0 Å². The normalized spacial score (nSPS) is 40.2. The average molecular weight is 527 g/mol. The van der Waals surface area contributed by atoms with Crippen LogP contribution in [-0.2, 0) is 16.0 Å². The third-order valence-corrected chi connectivity index (χ3v) is 13.4. The van der Waals surface area contributed by atoms with Gasteiger partial charge in [-0.15, -0.1) is 18.5 Å². The lowest BCUT2D eigenvalue weighted by Gasteiger charge is -2.63. The number of rotatable bonds is 5. The first-order valence-electron chi connectivity index (χ1n) is 15.3. The molecule has 4 aliphatic carbocycles. The highest BCUT2D eigenvalue weighted by Crippen LogP contribution is 2.66. The molecule has 2 nitrogen and oxygen atoms in total. The van der Waals surface area contributed by atoms with E-state index >= 15 is 0 Å². The predicted molar refractivity (Wildman–Crippen MR) is 161 cm³/mol. The van der Waals surface area contributed by atoms with Crippen LogP contribution in [-0.4, -0.2) is 32.3 Å². The average Bonchev–Trinajstić information content (AvgIpc) is 2.88. The maximum absolute atomic E-state index is 3.83. The second-order valence-corrected chi connectivity index (χ2v) is 16.1. The minimum Gasteiger partial charge on any atom is -0.316 e. The van der Waals surface area contributed by atoms with Crippen LogP contribution in [0.2, 0.25) is 0 Å². The van der Waals surface area contributed by atoms with Crippen molar-refractivity contribution in [1.29, 1.82) is 0 Å². The maximum atomic E-state index is 3.83. The zero-order valence-corrected chi connectivity index (χ0v) is 25.6. The van der Waals surface area contributed by atoms with Crippen molar-refractivity contribution in [2.75, 3.05) is 32.3 Å². The van der Waals surface area contributed by atoms with Gasteiger partial charge in [0.05, 0.1) is 0 Å². The van der Waals surface area contributed by atoms with E-state index in [1.807, 2.05) is 0 Å². The van der Waals surface area contributed by atoms with E-state index in [9.17, 15) is 0 Å². The molecule has 2 saturated heterocycles. The van der Waals surface area contributed by atoms with Gasteiger partial charge in [0.15, 0.2) is 0 Å². The molecule has 7 atom stereocenters. The smallest absolute Gasteiger partial charge is 0.0181 e. The second-order valence-electron chi connectivity index (χ2n) is 14.6. The molecule has 1 aromatic carbocycles. The van der Waals surface area contributed by atoms with Gasteiger partial charge in [0, 0.05) is 5.16 Å². The molecule has 4 heteroatoms. The van der Waals surface area contributed by atoms with Crippen LogP contribution in [0.4, 0.5) is 0 Å². The maximum Gasteiger partial charge on any atom is 0.0181 e. The van der Waals surface area contributed by atoms with E-state index < -0.39 is 0 Å². The molecular weight excluding hydrogens is 474 g/mol. The van der Waals surface area contributed by atoms with Gasteiger partial charge in [-0.05, 0) is 153 Å². The second kappa shape index (κ2) is 9.88. The van der Waals surface area contributed by atoms with Crippen molar-refractivity contribution in [1.82, 2.24) is 10.6 Å². The van der Waals surface area contributed by atoms with Gasteiger partial charge in [-0.1, -0.05) is 39.0 Å². The van der Waals surface area contributed by atoms with Crippen LogP contribution in [0.15, 0.2) is 18.2 Å². The first-order chi connectivity index (χ1) is 17.3. The fraction of sp³-hybridized carbons (Fsp3) is 0.812. The minimum absolute atomic E-state index is 0.145. The van der Waals surface area contributed by atoms with Crippen molar-refractivity contribution in [2.45, 2.75) is 94.5 Å². The van der Waals surface area contributed by atoms with Crippen LogP contribution in [0.5, 0.6) is 0 Å². The summed E-state index contributed by atoms with van der Waals surface area (Å²) in [7, 11) is 6.82. The van der Waals surface area contributed by atoms with Gasteiger partial charge in [-0.3, -0.25) is 0 Å². The molecule has 0 radical (unpaired) electrons. The van der Waals surface area contributed by atoms with Crippen LogP contribution in [0.3, 0.4) is 0 Å². The Kier molecular flexibility index (Phi) is 7.20. The molecule has 0 amide bonds. The molecule has 7 rings (SSSR count). The zero-order valence-electron chi connectivity index (χ0n) is 23.3. The Morgan fingerprint density at radius 2 is 1.53 bits per heavy atom. The first-order valence-corrected chi connectivity index (χ1v) is 16.7. The molecule has 1 aromatic rings. The fourth-order valence-corrected chi connectivity index (χ4v) is 11.7. The molecule has 7 unspecified atom stereocenters. The van der Waals surface area contributed by atoms with E-state index in [0.29, 0.717) is 17.3 Å². The summed E-state index contributed by atoms with van der Waals surface area (Å²) in [6.07, 6.45) is 14.1. The van der Waals surface area contributed by atoms with Crippen molar-refractivity contribution < 1.29 is 0 Å². The lowest BCUT2D eigenvalue weighted by Crippen LogP contribution is -2.57. The third kappa shape index (κ3) is 4.28. The third-order valence-electron chi connectivity index (χ3n) is 11.6. The van der Waals surface area contributed by atoms with E-state index in [1.54, 1.807) is 11.1 Å². The zero-order chi connectivity index (χ0) is 25.1. The highest BCUT2D eigenvalue weighted by Gasteiger charge is 2.59. The van der Waals surface area contributed by atoms with Gasteiger partial charge in [0.1, 0.15) is 0 Å². The van der Waals surface area contributed by atoms with Crippen LogP contribution in [0.25, 0.3) is 0 Å². The van der Waals surface area contributed by atoms with Gasteiger partial charge in [0.2, 0.25) is 0 Å². The Balaban J connectivity index is 1.55. The molecule has 6 aliphatic rings. The summed E-state index contributed by atoms with van der Waals surface area (Å²) in [5.74, 6) is 5.12. The van der Waals surface area contributed by atoms with Crippen molar-refractivity contribution in [2.24, 2.45) is 35.5 Å². The van der Waals surface area contributed by atoms with Gasteiger partial charge < -0.3 is 10.6 Å². The fourth-order valence-electron chi connectivity index (χ4n) is 10.1. The van der Waals surface area contributed by atoms with Crippen molar-refractivity contribution in [3.05, 3.63) is 34.9 Å². The van der Waals surface area contributed by atoms with Crippen LogP contribution in [0, 0.1) is 35.5 Å². The van der Waals surface area contributed by atoms with Gasteiger partial charge in [-0.2, -0.15) is 0 Å². The van der Waals surface area contributed by atoms with E-state index in [2.05, 4.69) is 68.1 Å². The Morgan fingerprint density at radius 1 is 0.917 bits per heavy atom. The molecule has 36 heavy (non-hydrogen) atoms. The summed E-state index contributed by atoms with van der Waals surface area (Å²) in [6, 6.07) is 7.96. The van der Waals surface area contributed by atoms with E-state index in [0.717, 1.165) is 23.7 Å². The molecule has 6 fully saturated rings. The largest absolute Gasteiger partial charge is 0.316 e. The van der Waals surface area contributed by atoms with Crippen LogP contribution in [0.1, 0.15) is 95.2 Å². The van der Waals surface area contributed by atoms with Gasteiger partial charge in [0.25, 0.3) is 0 Å². The summed E-state index contributed by atoms with van der Waals surface area (Å²) in [6.45, 7) is 12.0. The van der Waals surface area contributed by atoms with Crippen molar-refractivity contribution in [3.8, 4) is 0 Å². The summed E-state index contributed by atoms with van der Waals surface area (Å²) < 4.78 is 0. The molecular formula is C32H52N2P2. The summed E-state index contributed by atoms with van der Waals surface area (Å²) >= 11 is 0. The summed E-state index contributed by atoms with van der Waals surface area (Å²) in [5, 5.41) is 7.81. The molecule has 4 bridgehead atoms. The first kappa shape index (κ1) is 26.2. The summed E-state index contributed by atoms with van der Waals surface area (Å²) in [4.78, 5) is 0. The molecule has 2 N–H and O–H groups in total. The lowest BCUT2D eigenvalue weighted by atomic mass is 9.43. The quantitative estimate of drug-likeness (QED) is 0.421. The summed E-state index contributed by atoms with van der Waals surface area (Å²) in [5.41, 5.74) is 5.64. The predicted octanol–water partition coefficient (Wildman–Crippen LogP) is 6.62. The van der Waals surface area contributed by atoms with E-state index in [-0.39, 0.29) is 10.6 Å². The number of benzene rings is 1. The Bertz CT molecular complexity index is 908. The topological polar surface area (TPSA) is 24.1 Å². The molecule has 2 aliphatic heterocycles. The standard InChI is InChI=1S/C32H52N2P2/c1-30(2,3)24-8-9-27(31-16-21-12-22(17-31)14-23(13-21)29(31)20-35)28(15-24)32(36,25-6-4-10-33-18-25)26-7-5-11-34-19-26/h8-9,15,21-23,25-26,29,33-34H,4-7,10-14,16-20,35-36H2,1-3H3. The Hall–Kier alpha value is -0.0000000000000000555. The highest BCUT2D eigenvalue weighted by atomic mass is 31.0. The minimum atomic E-state index is 0.145. The molecule has 2 heterocycles. The lowest BCUT2D eigenvalue weighted by molar-refractivity contribution is -0.0527. The van der Waals surface area contributed by atoms with Crippen molar-refractivity contribution in [3.63, 3.8) is 0 Å². The molecule has 0 spiro atoms. The molecule has 0 aromatic heterocycles. The van der Waals surface area contributed by atoms with Crippen LogP contribution < -0.4 is 10.6 Å². The Morgan fingerprint density at radius 3 is 2.03 bits per heavy atom. The number of hydrogen-bond acceptors (Lipinski definition) is 2. The van der Waals surface area contributed by atoms with Crippen LogP contribution >= 0.6 is 18.5 Å². The SMILES string of the molecule is CC(C)(C)c1ccc(C23CC4CC(CC(C4)C2CP)C3)c(C(P)(C2CCCNC2)C2CCCNC2)c1. The number of hydrogen-bond donors (Lipinski definition) is 2. The van der Waals surface area contributed by atoms with Gasteiger partial charge >= 0.3 is 0 Å². The van der Waals surface area contributed by atoms with Gasteiger partial charge in [-0.25, -0.2) is 0 Å². The highest BCUT2D eigenvalue weighted by molar-refractivity contribution is 7.18. The molecule has 4 saturated carbocycles. The number of piperidine rings is 2. The van der Waals surface area contributed by atoms with E-state index in [1.165, 1.54) is 95.7 Å². The molecule has 200 valence electrons. The Labute approximate surface area is 226 Å². The monoisotopic (exact) mass is 526 g/mol. The number of nitrogens with one attached hydrogen (secondary N) is 2.